The van der Waals surface area contributed by atoms with E-state index in [1.165, 1.54) is 4.31 Å². The average Bonchev–Trinajstić information content (AvgIpc) is 3.09. The lowest BCUT2D eigenvalue weighted by atomic mass is 10.2. The number of halogens is 1. The number of aromatic amines is 1. The molecule has 1 fully saturated rings. The fourth-order valence-electron chi connectivity index (χ4n) is 2.70. The number of aryl methyl sites for hydroxylation is 1. The van der Waals surface area contributed by atoms with Crippen molar-refractivity contribution in [1.29, 1.82) is 0 Å². The Bertz CT molecular complexity index is 744. The maximum Gasteiger partial charge on any atom is 0.245 e. The Morgan fingerprint density at radius 1 is 1.43 bits per heavy atom. The molecule has 5 nitrogen and oxygen atoms in total. The number of nitrogens with zero attached hydrogens (tertiary/aromatic N) is 2. The number of H-pyrrole nitrogens is 1. The normalized spacial score (nSPS) is 20.0. The standard InChI is InChI=1S/C14H16ClN3O2S/c1-10-4-5-13(11(15)9-10)21(19,20)18-8-2-3-12(18)14-16-6-7-17-14/h4-7,9,12H,2-3,8H2,1H3,(H,16,17)/t12-/m1/s1. The lowest BCUT2D eigenvalue weighted by Crippen LogP contribution is -2.31. The zero-order valence-electron chi connectivity index (χ0n) is 11.6. The minimum Gasteiger partial charge on any atom is -0.347 e. The summed E-state index contributed by atoms with van der Waals surface area (Å²) in [7, 11) is -3.62. The number of rotatable bonds is 3. The van der Waals surface area contributed by atoms with Gasteiger partial charge in [0, 0.05) is 18.9 Å². The molecule has 1 aliphatic rings. The number of nitrogens with one attached hydrogen (secondary N) is 1. The van der Waals surface area contributed by atoms with Gasteiger partial charge in [-0.3, -0.25) is 0 Å². The molecule has 0 unspecified atom stereocenters. The minimum absolute atomic E-state index is 0.160. The van der Waals surface area contributed by atoms with Crippen LogP contribution in [0.1, 0.15) is 30.3 Å². The van der Waals surface area contributed by atoms with Gasteiger partial charge in [-0.15, -0.1) is 0 Å². The van der Waals surface area contributed by atoms with Crippen LogP contribution in [-0.2, 0) is 10.0 Å². The first-order valence-corrected chi connectivity index (χ1v) is 8.59. The third-order valence-electron chi connectivity index (χ3n) is 3.71. The van der Waals surface area contributed by atoms with Crippen LogP contribution < -0.4 is 0 Å². The molecule has 0 amide bonds. The van der Waals surface area contributed by atoms with Gasteiger partial charge in [0.25, 0.3) is 0 Å². The molecular formula is C14H16ClN3O2S. The highest BCUT2D eigenvalue weighted by molar-refractivity contribution is 7.89. The maximum atomic E-state index is 12.9. The van der Waals surface area contributed by atoms with Crippen LogP contribution in [-0.4, -0.2) is 29.2 Å². The summed E-state index contributed by atoms with van der Waals surface area (Å²) in [5.74, 6) is 0.680. The second kappa shape index (κ2) is 5.44. The molecule has 0 aliphatic carbocycles. The van der Waals surface area contributed by atoms with Crippen LogP contribution in [0.3, 0.4) is 0 Å². The van der Waals surface area contributed by atoms with E-state index in [9.17, 15) is 8.42 Å². The summed E-state index contributed by atoms with van der Waals surface area (Å²) in [4.78, 5) is 7.36. The maximum absolute atomic E-state index is 12.9. The molecule has 0 saturated carbocycles. The lowest BCUT2D eigenvalue weighted by Gasteiger charge is -2.23. The number of sulfonamides is 1. The van der Waals surface area contributed by atoms with Crippen LogP contribution >= 0.6 is 11.6 Å². The average molecular weight is 326 g/mol. The molecule has 0 radical (unpaired) electrons. The molecule has 1 atom stereocenters. The van der Waals surface area contributed by atoms with Crippen molar-refractivity contribution in [3.05, 3.63) is 47.0 Å². The van der Waals surface area contributed by atoms with Crippen LogP contribution in [0.5, 0.6) is 0 Å². The fraction of sp³-hybridized carbons (Fsp3) is 0.357. The molecule has 112 valence electrons. The van der Waals surface area contributed by atoms with Crippen LogP contribution in [0.15, 0.2) is 35.5 Å². The van der Waals surface area contributed by atoms with Crippen molar-refractivity contribution in [3.8, 4) is 0 Å². The van der Waals surface area contributed by atoms with E-state index in [-0.39, 0.29) is 16.0 Å². The van der Waals surface area contributed by atoms with Gasteiger partial charge in [-0.1, -0.05) is 17.7 Å². The van der Waals surface area contributed by atoms with E-state index in [1.807, 2.05) is 6.92 Å². The topological polar surface area (TPSA) is 66.1 Å². The van der Waals surface area contributed by atoms with Gasteiger partial charge in [0.05, 0.1) is 11.1 Å². The molecule has 1 aromatic carbocycles. The van der Waals surface area contributed by atoms with Gasteiger partial charge in [0.1, 0.15) is 10.7 Å². The molecule has 1 saturated heterocycles. The molecule has 1 aromatic heterocycles. The van der Waals surface area contributed by atoms with Crippen molar-refractivity contribution >= 4 is 21.6 Å². The van der Waals surface area contributed by atoms with E-state index < -0.39 is 10.0 Å². The molecule has 21 heavy (non-hydrogen) atoms. The molecule has 0 bridgehead atoms. The Balaban J connectivity index is 2.01. The summed E-state index contributed by atoms with van der Waals surface area (Å²) >= 11 is 6.14. The van der Waals surface area contributed by atoms with Crippen molar-refractivity contribution in [3.63, 3.8) is 0 Å². The van der Waals surface area contributed by atoms with Gasteiger partial charge in [-0.2, -0.15) is 4.31 Å². The first-order valence-electron chi connectivity index (χ1n) is 6.77. The van der Waals surface area contributed by atoms with E-state index in [0.717, 1.165) is 18.4 Å². The largest absolute Gasteiger partial charge is 0.347 e. The Morgan fingerprint density at radius 3 is 2.90 bits per heavy atom. The SMILES string of the molecule is Cc1ccc(S(=O)(=O)N2CCC[C@@H]2c2ncc[nH]2)c(Cl)c1. The van der Waals surface area contributed by atoms with E-state index in [4.69, 9.17) is 11.6 Å². The lowest BCUT2D eigenvalue weighted by molar-refractivity contribution is 0.385. The van der Waals surface area contributed by atoms with Crippen molar-refractivity contribution < 1.29 is 8.42 Å². The molecule has 7 heteroatoms. The van der Waals surface area contributed by atoms with Gasteiger partial charge < -0.3 is 4.98 Å². The molecule has 1 N–H and O–H groups in total. The highest BCUT2D eigenvalue weighted by Crippen LogP contribution is 2.36. The highest BCUT2D eigenvalue weighted by atomic mass is 35.5. The van der Waals surface area contributed by atoms with E-state index in [0.29, 0.717) is 12.4 Å². The third-order valence-corrected chi connectivity index (χ3v) is 6.10. The van der Waals surface area contributed by atoms with E-state index in [1.54, 1.807) is 30.6 Å². The number of aromatic nitrogens is 2. The van der Waals surface area contributed by atoms with Crippen LogP contribution in [0.25, 0.3) is 0 Å². The predicted octanol–water partition coefficient (Wildman–Crippen LogP) is 2.90. The summed E-state index contributed by atoms with van der Waals surface area (Å²) in [6.45, 7) is 2.36. The number of benzene rings is 1. The zero-order valence-corrected chi connectivity index (χ0v) is 13.2. The van der Waals surface area contributed by atoms with E-state index >= 15 is 0 Å². The summed E-state index contributed by atoms with van der Waals surface area (Å²) in [5.41, 5.74) is 0.933. The second-order valence-electron chi connectivity index (χ2n) is 5.18. The van der Waals surface area contributed by atoms with Crippen LogP contribution in [0, 0.1) is 6.92 Å². The third kappa shape index (κ3) is 2.59. The molecule has 3 rings (SSSR count). The van der Waals surface area contributed by atoms with E-state index in [2.05, 4.69) is 9.97 Å². The molecule has 2 heterocycles. The summed E-state index contributed by atoms with van der Waals surface area (Å²) < 4.78 is 27.2. The van der Waals surface area contributed by atoms with Crippen molar-refractivity contribution in [2.75, 3.05) is 6.54 Å². The summed E-state index contributed by atoms with van der Waals surface area (Å²) in [6.07, 6.45) is 4.92. The Labute approximate surface area is 129 Å². The summed E-state index contributed by atoms with van der Waals surface area (Å²) in [5, 5.41) is 0.264. The van der Waals surface area contributed by atoms with Crippen molar-refractivity contribution in [1.82, 2.24) is 14.3 Å². The van der Waals surface area contributed by atoms with Gasteiger partial charge in [0.15, 0.2) is 0 Å². The molecule has 2 aromatic rings. The molecule has 1 aliphatic heterocycles. The first-order chi connectivity index (χ1) is 10.00. The monoisotopic (exact) mass is 325 g/mol. The smallest absolute Gasteiger partial charge is 0.245 e. The highest BCUT2D eigenvalue weighted by Gasteiger charge is 2.38. The molecule has 0 spiro atoms. The van der Waals surface area contributed by atoms with Crippen molar-refractivity contribution in [2.45, 2.75) is 30.7 Å². The summed E-state index contributed by atoms with van der Waals surface area (Å²) in [6, 6.07) is 4.76. The second-order valence-corrected chi connectivity index (χ2v) is 7.45. The zero-order chi connectivity index (χ0) is 15.0. The van der Waals surface area contributed by atoms with Crippen molar-refractivity contribution in [2.24, 2.45) is 0 Å². The Hall–Kier alpha value is -1.37. The van der Waals surface area contributed by atoms with Gasteiger partial charge >= 0.3 is 0 Å². The van der Waals surface area contributed by atoms with Gasteiger partial charge in [0.2, 0.25) is 10.0 Å². The predicted molar refractivity (Wildman–Crippen MR) is 80.6 cm³/mol. The first kappa shape index (κ1) is 14.6. The number of imidazole rings is 1. The van der Waals surface area contributed by atoms with Gasteiger partial charge in [-0.05, 0) is 37.5 Å². The number of hydrogen-bond donors (Lipinski definition) is 1. The van der Waals surface area contributed by atoms with Crippen LogP contribution in [0.4, 0.5) is 0 Å². The Kier molecular flexibility index (Phi) is 3.77. The number of hydrogen-bond acceptors (Lipinski definition) is 3. The van der Waals surface area contributed by atoms with Gasteiger partial charge in [-0.25, -0.2) is 13.4 Å². The molecular weight excluding hydrogens is 310 g/mol. The fourth-order valence-corrected chi connectivity index (χ4v) is 4.94. The Morgan fingerprint density at radius 2 is 2.24 bits per heavy atom. The quantitative estimate of drug-likeness (QED) is 0.943. The minimum atomic E-state index is -3.62. The van der Waals surface area contributed by atoms with Crippen LogP contribution in [0.2, 0.25) is 5.02 Å².